The van der Waals surface area contributed by atoms with E-state index < -0.39 is 0 Å². The zero-order chi connectivity index (χ0) is 17.6. The van der Waals surface area contributed by atoms with Gasteiger partial charge in [-0.3, -0.25) is 0 Å². The van der Waals surface area contributed by atoms with Crippen LogP contribution >= 0.6 is 0 Å². The third-order valence-corrected chi connectivity index (χ3v) is 6.01. The Kier molecular flexibility index (Phi) is 2.53. The Morgan fingerprint density at radius 1 is 1.08 bits per heavy atom. The number of aromatic nitrogens is 2. The zero-order valence-electron chi connectivity index (χ0n) is 15.2. The molecule has 1 aliphatic carbocycles. The summed E-state index contributed by atoms with van der Waals surface area (Å²) in [6, 6.07) is 11.0. The van der Waals surface area contributed by atoms with Gasteiger partial charge in [-0.15, -0.1) is 0 Å². The normalized spacial score (nSPS) is 14.0. The Morgan fingerprint density at radius 2 is 1.96 bits per heavy atom. The number of benzene rings is 3. The van der Waals surface area contributed by atoms with Gasteiger partial charge < -0.3 is 4.74 Å². The summed E-state index contributed by atoms with van der Waals surface area (Å²) in [6.45, 7) is 4.33. The molecule has 1 aliphatic heterocycles. The SMILES string of the molecule is Cc1cc2c3c([n+](C)cnc3c1)-c1c(c3c4c(cccc4c1C)CC3)O2. The molecule has 26 heavy (non-hydrogen) atoms. The largest absolute Gasteiger partial charge is 0.455 e. The van der Waals surface area contributed by atoms with Crippen LogP contribution in [0.1, 0.15) is 22.3 Å². The average molecular weight is 339 g/mol. The highest BCUT2D eigenvalue weighted by Crippen LogP contribution is 2.52. The summed E-state index contributed by atoms with van der Waals surface area (Å²) in [5.41, 5.74) is 8.76. The van der Waals surface area contributed by atoms with Crippen molar-refractivity contribution in [2.45, 2.75) is 26.7 Å². The van der Waals surface area contributed by atoms with Crippen LogP contribution in [-0.4, -0.2) is 4.98 Å². The third kappa shape index (κ3) is 1.59. The molecule has 126 valence electrons. The number of nitrogens with zero attached hydrogens (tertiary/aromatic N) is 2. The second-order valence-corrected chi connectivity index (χ2v) is 7.61. The molecule has 2 aliphatic rings. The maximum Gasteiger partial charge on any atom is 0.287 e. The smallest absolute Gasteiger partial charge is 0.287 e. The van der Waals surface area contributed by atoms with E-state index in [0.717, 1.165) is 35.2 Å². The fourth-order valence-electron chi connectivity index (χ4n) is 4.89. The molecule has 0 spiro atoms. The minimum absolute atomic E-state index is 0.936. The fraction of sp³-hybridized carbons (Fsp3) is 0.217. The van der Waals surface area contributed by atoms with Gasteiger partial charge in [-0.25, -0.2) is 4.57 Å². The first-order chi connectivity index (χ1) is 12.6. The van der Waals surface area contributed by atoms with Gasteiger partial charge in [0.15, 0.2) is 11.2 Å². The van der Waals surface area contributed by atoms with Crippen LogP contribution < -0.4 is 9.30 Å². The van der Waals surface area contributed by atoms with E-state index in [4.69, 9.17) is 4.74 Å². The summed E-state index contributed by atoms with van der Waals surface area (Å²) >= 11 is 0. The first kappa shape index (κ1) is 14.3. The molecule has 3 aromatic carbocycles. The lowest BCUT2D eigenvalue weighted by molar-refractivity contribution is -0.662. The first-order valence-electron chi connectivity index (χ1n) is 9.17. The Bertz CT molecular complexity index is 1290. The van der Waals surface area contributed by atoms with Gasteiger partial charge >= 0.3 is 0 Å². The van der Waals surface area contributed by atoms with Crippen LogP contribution in [0.25, 0.3) is 32.9 Å². The van der Waals surface area contributed by atoms with E-state index in [1.165, 1.54) is 44.3 Å². The lowest BCUT2D eigenvalue weighted by Crippen LogP contribution is -2.33. The van der Waals surface area contributed by atoms with Gasteiger partial charge in [0.25, 0.3) is 6.33 Å². The second kappa shape index (κ2) is 4.61. The van der Waals surface area contributed by atoms with E-state index in [9.17, 15) is 0 Å². The van der Waals surface area contributed by atoms with Crippen LogP contribution in [0.2, 0.25) is 0 Å². The molecule has 3 heteroatoms. The Hall–Kier alpha value is -2.94. The molecule has 4 aromatic rings. The van der Waals surface area contributed by atoms with E-state index in [1.54, 1.807) is 0 Å². The standard InChI is InChI=1S/C23H19N2O/c1-12-9-17-21-18(10-12)26-23-16-8-7-14-5-4-6-15(20(14)16)13(2)19(23)22(21)25(3)11-24-17/h4-6,9-11H,7-8H2,1-3H3/q+1. The van der Waals surface area contributed by atoms with Crippen molar-refractivity contribution in [3.05, 3.63) is 58.9 Å². The van der Waals surface area contributed by atoms with E-state index in [2.05, 4.69) is 60.8 Å². The monoisotopic (exact) mass is 339 g/mol. The van der Waals surface area contributed by atoms with Crippen LogP contribution in [0, 0.1) is 13.8 Å². The zero-order valence-corrected chi connectivity index (χ0v) is 15.2. The minimum Gasteiger partial charge on any atom is -0.455 e. The summed E-state index contributed by atoms with van der Waals surface area (Å²) in [6.07, 6.45) is 4.08. The van der Waals surface area contributed by atoms with Gasteiger partial charge in [-0.1, -0.05) is 18.2 Å². The molecule has 2 heterocycles. The van der Waals surface area contributed by atoms with Gasteiger partial charge in [0.1, 0.15) is 16.9 Å². The molecule has 0 fully saturated rings. The lowest BCUT2D eigenvalue weighted by Gasteiger charge is -2.24. The number of aryl methyl sites for hydroxylation is 5. The predicted octanol–water partition coefficient (Wildman–Crippen LogP) is 4.70. The van der Waals surface area contributed by atoms with Crippen LogP contribution in [0.3, 0.4) is 0 Å². The fourth-order valence-corrected chi connectivity index (χ4v) is 4.89. The summed E-state index contributed by atoms with van der Waals surface area (Å²) < 4.78 is 8.72. The number of hydrogen-bond acceptors (Lipinski definition) is 2. The summed E-state index contributed by atoms with van der Waals surface area (Å²) in [7, 11) is 2.08. The second-order valence-electron chi connectivity index (χ2n) is 7.61. The first-order valence-corrected chi connectivity index (χ1v) is 9.17. The topological polar surface area (TPSA) is 26.0 Å². The molecular formula is C23H19N2O+. The molecule has 6 rings (SSSR count). The third-order valence-electron chi connectivity index (χ3n) is 6.01. The summed E-state index contributed by atoms with van der Waals surface area (Å²) in [4.78, 5) is 4.65. The van der Waals surface area contributed by atoms with Crippen molar-refractivity contribution >= 4 is 21.7 Å². The number of hydrogen-bond donors (Lipinski definition) is 0. The highest BCUT2D eigenvalue weighted by Gasteiger charge is 2.33. The maximum absolute atomic E-state index is 6.58. The van der Waals surface area contributed by atoms with Crippen LogP contribution in [0.4, 0.5) is 0 Å². The Balaban J connectivity index is 1.87. The summed E-state index contributed by atoms with van der Waals surface area (Å²) in [5.74, 6) is 1.99. The molecular weight excluding hydrogens is 320 g/mol. The van der Waals surface area contributed by atoms with Crippen molar-refractivity contribution in [3.63, 3.8) is 0 Å². The molecule has 0 amide bonds. The lowest BCUT2D eigenvalue weighted by atomic mass is 9.89. The highest BCUT2D eigenvalue weighted by molar-refractivity contribution is 6.07. The van der Waals surface area contributed by atoms with Gasteiger partial charge in [0.2, 0.25) is 0 Å². The number of rotatable bonds is 0. The van der Waals surface area contributed by atoms with E-state index in [-0.39, 0.29) is 0 Å². The van der Waals surface area contributed by atoms with E-state index >= 15 is 0 Å². The van der Waals surface area contributed by atoms with Crippen molar-refractivity contribution in [3.8, 4) is 22.8 Å². The number of fused-ring (bicyclic) bond motifs is 3. The quantitative estimate of drug-likeness (QED) is 0.382. The average Bonchev–Trinajstić information content (AvgIpc) is 3.06. The molecule has 0 atom stereocenters. The van der Waals surface area contributed by atoms with E-state index in [1.807, 2.05) is 6.33 Å². The van der Waals surface area contributed by atoms with Gasteiger partial charge in [0, 0.05) is 5.56 Å². The maximum atomic E-state index is 6.58. The molecule has 1 aromatic heterocycles. The van der Waals surface area contributed by atoms with Crippen LogP contribution in [0.5, 0.6) is 11.5 Å². The van der Waals surface area contributed by atoms with Crippen molar-refractivity contribution in [1.82, 2.24) is 4.98 Å². The van der Waals surface area contributed by atoms with Crippen LogP contribution in [0.15, 0.2) is 36.7 Å². The van der Waals surface area contributed by atoms with Crippen molar-refractivity contribution in [2.75, 3.05) is 0 Å². The predicted molar refractivity (Wildman–Crippen MR) is 103 cm³/mol. The molecule has 0 saturated carbocycles. The van der Waals surface area contributed by atoms with Crippen molar-refractivity contribution in [2.24, 2.45) is 7.05 Å². The van der Waals surface area contributed by atoms with Gasteiger partial charge in [-0.05, 0) is 71.3 Å². The molecule has 0 unspecified atom stereocenters. The molecule has 3 nitrogen and oxygen atoms in total. The molecule has 0 radical (unpaired) electrons. The Morgan fingerprint density at radius 3 is 2.85 bits per heavy atom. The minimum atomic E-state index is 0.936. The van der Waals surface area contributed by atoms with E-state index in [0.29, 0.717) is 0 Å². The summed E-state index contributed by atoms with van der Waals surface area (Å²) in [5, 5.41) is 3.89. The van der Waals surface area contributed by atoms with Crippen LogP contribution in [-0.2, 0) is 19.9 Å². The molecule has 0 bridgehead atoms. The molecule has 0 N–H and O–H groups in total. The van der Waals surface area contributed by atoms with Crippen molar-refractivity contribution < 1.29 is 9.30 Å². The Labute approximate surface area is 151 Å². The van der Waals surface area contributed by atoms with Gasteiger partial charge in [-0.2, -0.15) is 0 Å². The van der Waals surface area contributed by atoms with Gasteiger partial charge in [0.05, 0.1) is 12.6 Å². The van der Waals surface area contributed by atoms with Crippen molar-refractivity contribution in [1.29, 1.82) is 0 Å². The number of ether oxygens (including phenoxy) is 1. The highest BCUT2D eigenvalue weighted by atomic mass is 16.5. The molecule has 0 saturated heterocycles.